The molecular weight excluding hydrogens is 240 g/mol. The highest BCUT2D eigenvalue weighted by molar-refractivity contribution is 5.91. The van der Waals surface area contributed by atoms with E-state index in [-0.39, 0.29) is 24.2 Å². The minimum absolute atomic E-state index is 0. The van der Waals surface area contributed by atoms with E-state index in [9.17, 15) is 4.79 Å². The molecule has 1 fully saturated rings. The molecule has 1 aromatic rings. The fraction of sp³-hybridized carbons (Fsp3) is 0.636. The lowest BCUT2D eigenvalue weighted by Gasteiger charge is -2.26. The minimum Gasteiger partial charge on any atom is -0.314 e. The molecule has 2 heterocycles. The van der Waals surface area contributed by atoms with Crippen molar-refractivity contribution < 1.29 is 4.79 Å². The summed E-state index contributed by atoms with van der Waals surface area (Å²) in [6, 6.07) is 2.23. The van der Waals surface area contributed by atoms with Gasteiger partial charge in [-0.05, 0) is 26.3 Å². The normalized spacial score (nSPS) is 23.9. The number of rotatable bonds is 2. The van der Waals surface area contributed by atoms with E-state index in [1.807, 2.05) is 19.3 Å². The number of amides is 1. The number of anilines is 1. The average Bonchev–Trinajstić information content (AvgIpc) is 2.64. The van der Waals surface area contributed by atoms with E-state index in [2.05, 4.69) is 22.7 Å². The molecule has 2 rings (SSSR count). The average molecular weight is 259 g/mol. The quantitative estimate of drug-likeness (QED) is 0.837. The first kappa shape index (κ1) is 14.0. The van der Waals surface area contributed by atoms with Gasteiger partial charge in [0.2, 0.25) is 5.91 Å². The molecule has 0 saturated carbocycles. The summed E-state index contributed by atoms with van der Waals surface area (Å²) in [5, 5.41) is 10.3. The first-order chi connectivity index (χ1) is 7.65. The van der Waals surface area contributed by atoms with Crippen LogP contribution in [0.2, 0.25) is 0 Å². The lowest BCUT2D eigenvalue weighted by Crippen LogP contribution is -2.40. The highest BCUT2D eigenvalue weighted by Gasteiger charge is 2.24. The number of piperidine rings is 1. The van der Waals surface area contributed by atoms with Gasteiger partial charge in [0.05, 0.1) is 0 Å². The van der Waals surface area contributed by atoms with Gasteiger partial charge in [-0.25, -0.2) is 0 Å². The molecule has 1 aromatic heterocycles. The second-order valence-corrected chi connectivity index (χ2v) is 4.44. The summed E-state index contributed by atoms with van der Waals surface area (Å²) in [5.74, 6) is 0.837. The number of carbonyl (C=O) groups is 1. The van der Waals surface area contributed by atoms with Crippen LogP contribution in [0.3, 0.4) is 0 Å². The number of nitrogens with zero attached hydrogens (tertiary/aromatic N) is 2. The molecule has 17 heavy (non-hydrogen) atoms. The minimum atomic E-state index is 0. The first-order valence-electron chi connectivity index (χ1n) is 5.69. The molecule has 2 N–H and O–H groups in total. The second kappa shape index (κ2) is 6.02. The lowest BCUT2D eigenvalue weighted by atomic mass is 9.92. The first-order valence-corrected chi connectivity index (χ1v) is 5.69. The summed E-state index contributed by atoms with van der Waals surface area (Å²) in [4.78, 5) is 11.9. The molecule has 0 radical (unpaired) electrons. The maximum absolute atomic E-state index is 11.9. The second-order valence-electron chi connectivity index (χ2n) is 4.44. The zero-order valence-electron chi connectivity index (χ0n) is 10.1. The number of halogens is 1. The number of aromatic nitrogens is 2. The summed E-state index contributed by atoms with van der Waals surface area (Å²) < 4.78 is 1.68. The van der Waals surface area contributed by atoms with Gasteiger partial charge in [0.15, 0.2) is 5.82 Å². The predicted octanol–water partition coefficient (Wildman–Crippen LogP) is 1.17. The molecular formula is C11H19ClN4O. The molecule has 1 saturated heterocycles. The van der Waals surface area contributed by atoms with Crippen molar-refractivity contribution in [3.05, 3.63) is 12.3 Å². The van der Waals surface area contributed by atoms with Crippen molar-refractivity contribution in [1.82, 2.24) is 15.1 Å². The molecule has 0 aliphatic carbocycles. The molecule has 96 valence electrons. The summed E-state index contributed by atoms with van der Waals surface area (Å²) in [6.45, 7) is 3.03. The van der Waals surface area contributed by atoms with E-state index >= 15 is 0 Å². The topological polar surface area (TPSA) is 59.0 Å². The Bertz CT molecular complexity index is 379. The van der Waals surface area contributed by atoms with Gasteiger partial charge < -0.3 is 10.6 Å². The Kier molecular flexibility index (Phi) is 4.96. The molecule has 5 nitrogen and oxygen atoms in total. The third-order valence-electron chi connectivity index (χ3n) is 2.96. The lowest BCUT2D eigenvalue weighted by molar-refractivity contribution is -0.120. The maximum Gasteiger partial charge on any atom is 0.228 e. The van der Waals surface area contributed by atoms with Crippen molar-refractivity contribution in [1.29, 1.82) is 0 Å². The van der Waals surface area contributed by atoms with Gasteiger partial charge >= 0.3 is 0 Å². The summed E-state index contributed by atoms with van der Waals surface area (Å²) in [7, 11) is 1.84. The predicted molar refractivity (Wildman–Crippen MR) is 69.3 cm³/mol. The fourth-order valence-corrected chi connectivity index (χ4v) is 2.08. The molecule has 1 aliphatic rings. The van der Waals surface area contributed by atoms with E-state index < -0.39 is 0 Å². The number of nitrogens with one attached hydrogen (secondary N) is 2. The standard InChI is InChI=1S/C11H18N4O.ClH/c1-8-7-9(3-5-12-8)11(16)13-10-4-6-15(2)14-10;/h4,6,8-9,12H,3,5,7H2,1-2H3,(H,13,14,16);1H/t8-,9-;/m0./s1. The Balaban J connectivity index is 0.00000144. The van der Waals surface area contributed by atoms with Crippen LogP contribution >= 0.6 is 12.4 Å². The van der Waals surface area contributed by atoms with Gasteiger partial charge in [-0.15, -0.1) is 12.4 Å². The van der Waals surface area contributed by atoms with Crippen LogP contribution in [0.25, 0.3) is 0 Å². The SMILES string of the molecule is C[C@H]1C[C@@H](C(=O)Nc2ccn(C)n2)CCN1.Cl. The number of hydrogen-bond donors (Lipinski definition) is 2. The van der Waals surface area contributed by atoms with Crippen molar-refractivity contribution in [3.63, 3.8) is 0 Å². The van der Waals surface area contributed by atoms with Crippen molar-refractivity contribution in [2.75, 3.05) is 11.9 Å². The monoisotopic (exact) mass is 258 g/mol. The Morgan fingerprint density at radius 1 is 1.65 bits per heavy atom. The van der Waals surface area contributed by atoms with Crippen LogP contribution in [-0.2, 0) is 11.8 Å². The molecule has 1 amide bonds. The summed E-state index contributed by atoms with van der Waals surface area (Å²) in [5.41, 5.74) is 0. The van der Waals surface area contributed by atoms with Crippen LogP contribution in [-0.4, -0.2) is 28.3 Å². The van der Waals surface area contributed by atoms with Crippen molar-refractivity contribution in [2.24, 2.45) is 13.0 Å². The zero-order chi connectivity index (χ0) is 11.5. The van der Waals surface area contributed by atoms with Crippen LogP contribution in [0.15, 0.2) is 12.3 Å². The molecule has 6 heteroatoms. The van der Waals surface area contributed by atoms with Crippen LogP contribution < -0.4 is 10.6 Å². The van der Waals surface area contributed by atoms with Crippen molar-refractivity contribution >= 4 is 24.1 Å². The van der Waals surface area contributed by atoms with Crippen LogP contribution in [0, 0.1) is 5.92 Å². The fourth-order valence-electron chi connectivity index (χ4n) is 2.08. The highest BCUT2D eigenvalue weighted by atomic mass is 35.5. The van der Waals surface area contributed by atoms with Crippen LogP contribution in [0.1, 0.15) is 19.8 Å². The largest absolute Gasteiger partial charge is 0.314 e. The molecule has 1 aliphatic heterocycles. The van der Waals surface area contributed by atoms with Crippen molar-refractivity contribution in [2.45, 2.75) is 25.8 Å². The molecule has 0 unspecified atom stereocenters. The van der Waals surface area contributed by atoms with E-state index in [4.69, 9.17) is 0 Å². The third-order valence-corrected chi connectivity index (χ3v) is 2.96. The summed E-state index contributed by atoms with van der Waals surface area (Å²) in [6.07, 6.45) is 3.63. The number of hydrogen-bond acceptors (Lipinski definition) is 3. The number of aryl methyl sites for hydroxylation is 1. The van der Waals surface area contributed by atoms with Gasteiger partial charge in [-0.1, -0.05) is 0 Å². The smallest absolute Gasteiger partial charge is 0.228 e. The van der Waals surface area contributed by atoms with Crippen molar-refractivity contribution in [3.8, 4) is 0 Å². The molecule has 0 spiro atoms. The van der Waals surface area contributed by atoms with Gasteiger partial charge in [-0.2, -0.15) is 5.10 Å². The maximum atomic E-state index is 11.9. The zero-order valence-corrected chi connectivity index (χ0v) is 11.0. The Labute approximate surface area is 107 Å². The third kappa shape index (κ3) is 3.71. The Morgan fingerprint density at radius 3 is 3.00 bits per heavy atom. The molecule has 2 atom stereocenters. The number of carbonyl (C=O) groups excluding carboxylic acids is 1. The molecule has 0 bridgehead atoms. The Morgan fingerprint density at radius 2 is 2.41 bits per heavy atom. The van der Waals surface area contributed by atoms with Crippen LogP contribution in [0.4, 0.5) is 5.82 Å². The van der Waals surface area contributed by atoms with Crippen LogP contribution in [0.5, 0.6) is 0 Å². The van der Waals surface area contributed by atoms with E-state index in [1.165, 1.54) is 0 Å². The van der Waals surface area contributed by atoms with E-state index in [1.54, 1.807) is 4.68 Å². The van der Waals surface area contributed by atoms with Gasteiger partial charge in [-0.3, -0.25) is 9.48 Å². The van der Waals surface area contributed by atoms with E-state index in [0.29, 0.717) is 11.9 Å². The Hall–Kier alpha value is -1.07. The molecule has 0 aromatic carbocycles. The van der Waals surface area contributed by atoms with E-state index in [0.717, 1.165) is 19.4 Å². The van der Waals surface area contributed by atoms with Gasteiger partial charge in [0.25, 0.3) is 0 Å². The van der Waals surface area contributed by atoms with Gasteiger partial charge in [0.1, 0.15) is 0 Å². The van der Waals surface area contributed by atoms with Gasteiger partial charge in [0, 0.05) is 31.3 Å². The highest BCUT2D eigenvalue weighted by Crippen LogP contribution is 2.17. The summed E-state index contributed by atoms with van der Waals surface area (Å²) >= 11 is 0.